The maximum Gasteiger partial charge on any atom is 0.221 e. The van der Waals surface area contributed by atoms with E-state index in [4.69, 9.17) is 4.74 Å². The largest absolute Gasteiger partial charge is 0.491 e. The Morgan fingerprint density at radius 2 is 1.87 bits per heavy atom. The summed E-state index contributed by atoms with van der Waals surface area (Å²) in [4.78, 5) is 15.8. The van der Waals surface area contributed by atoms with Crippen LogP contribution in [0.25, 0.3) is 0 Å². The van der Waals surface area contributed by atoms with Crippen molar-refractivity contribution in [2.24, 2.45) is 4.99 Å². The van der Waals surface area contributed by atoms with Gasteiger partial charge in [0.1, 0.15) is 5.75 Å². The van der Waals surface area contributed by atoms with Crippen LogP contribution in [-0.4, -0.2) is 36.2 Å². The number of aliphatic hydroxyl groups is 1. The lowest BCUT2D eigenvalue weighted by Gasteiger charge is -2.17. The number of hydrogen-bond acceptors (Lipinski definition) is 4. The summed E-state index contributed by atoms with van der Waals surface area (Å²) in [5, 5.41) is 19.7. The highest BCUT2D eigenvalue weighted by atomic mass is 127. The lowest BCUT2D eigenvalue weighted by atomic mass is 10.1. The summed E-state index contributed by atoms with van der Waals surface area (Å²) in [6, 6.07) is 15.0. The van der Waals surface area contributed by atoms with Gasteiger partial charge in [0, 0.05) is 25.7 Å². The minimum absolute atomic E-state index is 0. The number of amides is 1. The molecule has 0 saturated heterocycles. The monoisotopic (exact) mass is 540 g/mol. The SMILES string of the molecule is CCNC(=NCc1cccc(NC(C)=O)c1)NCC(O)c1cccc(OC(C)C)c1.I. The zero-order chi connectivity index (χ0) is 21.9. The van der Waals surface area contributed by atoms with Crippen LogP contribution in [0, 0.1) is 0 Å². The van der Waals surface area contributed by atoms with Gasteiger partial charge in [-0.25, -0.2) is 4.99 Å². The molecule has 2 rings (SSSR count). The molecule has 31 heavy (non-hydrogen) atoms. The third-order valence-corrected chi connectivity index (χ3v) is 4.09. The number of benzene rings is 2. The van der Waals surface area contributed by atoms with Crippen LogP contribution < -0.4 is 20.7 Å². The minimum Gasteiger partial charge on any atom is -0.491 e. The Bertz CT molecular complexity index is 858. The number of carbonyl (C=O) groups excluding carboxylic acids is 1. The van der Waals surface area contributed by atoms with Crippen LogP contribution in [0.4, 0.5) is 5.69 Å². The van der Waals surface area contributed by atoms with Gasteiger partial charge in [-0.05, 0) is 56.2 Å². The van der Waals surface area contributed by atoms with Gasteiger partial charge in [0.25, 0.3) is 0 Å². The summed E-state index contributed by atoms with van der Waals surface area (Å²) in [5.41, 5.74) is 2.49. The van der Waals surface area contributed by atoms with Crippen molar-refractivity contribution in [1.82, 2.24) is 10.6 Å². The first-order valence-electron chi connectivity index (χ1n) is 10.2. The van der Waals surface area contributed by atoms with Gasteiger partial charge >= 0.3 is 0 Å². The number of ether oxygens (including phenoxy) is 1. The molecule has 0 bridgehead atoms. The third-order valence-electron chi connectivity index (χ3n) is 4.09. The van der Waals surface area contributed by atoms with Gasteiger partial charge in [-0.15, -0.1) is 24.0 Å². The van der Waals surface area contributed by atoms with Crippen LogP contribution in [0.3, 0.4) is 0 Å². The van der Waals surface area contributed by atoms with Crippen molar-refractivity contribution in [3.8, 4) is 5.75 Å². The number of aliphatic hydroxyl groups excluding tert-OH is 1. The Kier molecular flexibility index (Phi) is 11.9. The highest BCUT2D eigenvalue weighted by Gasteiger charge is 2.10. The van der Waals surface area contributed by atoms with Crippen molar-refractivity contribution < 1.29 is 14.6 Å². The van der Waals surface area contributed by atoms with Crippen LogP contribution in [0.2, 0.25) is 0 Å². The molecule has 170 valence electrons. The highest BCUT2D eigenvalue weighted by Crippen LogP contribution is 2.20. The lowest BCUT2D eigenvalue weighted by molar-refractivity contribution is -0.114. The van der Waals surface area contributed by atoms with E-state index in [0.29, 0.717) is 25.6 Å². The number of guanidine groups is 1. The van der Waals surface area contributed by atoms with Gasteiger partial charge in [-0.3, -0.25) is 4.79 Å². The zero-order valence-corrected chi connectivity index (χ0v) is 20.8. The predicted molar refractivity (Wildman–Crippen MR) is 136 cm³/mol. The molecule has 1 atom stereocenters. The molecule has 2 aromatic carbocycles. The van der Waals surface area contributed by atoms with E-state index in [1.807, 2.05) is 69.3 Å². The number of anilines is 1. The average molecular weight is 540 g/mol. The van der Waals surface area contributed by atoms with Crippen molar-refractivity contribution in [3.63, 3.8) is 0 Å². The van der Waals surface area contributed by atoms with E-state index < -0.39 is 6.10 Å². The van der Waals surface area contributed by atoms with Gasteiger partial charge in [0.15, 0.2) is 5.96 Å². The number of rotatable bonds is 9. The molecule has 4 N–H and O–H groups in total. The number of carbonyl (C=O) groups is 1. The summed E-state index contributed by atoms with van der Waals surface area (Å²) in [6.07, 6.45) is -0.625. The van der Waals surface area contributed by atoms with E-state index in [2.05, 4.69) is 20.9 Å². The Morgan fingerprint density at radius 3 is 2.55 bits per heavy atom. The molecule has 0 fully saturated rings. The normalized spacial score (nSPS) is 12.0. The Hall–Kier alpha value is -2.33. The number of nitrogens with one attached hydrogen (secondary N) is 3. The standard InChI is InChI=1S/C23H32N4O3.HI/c1-5-24-23(25-14-18-8-6-10-20(12-18)27-17(4)28)26-15-22(29)19-9-7-11-21(13-19)30-16(2)3;/h6-13,16,22,29H,5,14-15H2,1-4H3,(H,27,28)(H2,24,25,26);1H. The molecule has 1 amide bonds. The molecule has 0 aliphatic carbocycles. The minimum atomic E-state index is -0.701. The molecule has 2 aromatic rings. The van der Waals surface area contributed by atoms with Crippen molar-refractivity contribution in [3.05, 3.63) is 59.7 Å². The molecule has 8 heteroatoms. The molecule has 0 radical (unpaired) electrons. The summed E-state index contributed by atoms with van der Waals surface area (Å²) < 4.78 is 5.70. The van der Waals surface area contributed by atoms with Crippen LogP contribution >= 0.6 is 24.0 Å². The summed E-state index contributed by atoms with van der Waals surface area (Å²) >= 11 is 0. The second kappa shape index (κ2) is 13.9. The van der Waals surface area contributed by atoms with E-state index in [0.717, 1.165) is 22.6 Å². The number of halogens is 1. The van der Waals surface area contributed by atoms with E-state index in [1.54, 1.807) is 0 Å². The molecule has 0 aliphatic rings. The molecule has 1 unspecified atom stereocenters. The fourth-order valence-electron chi connectivity index (χ4n) is 2.84. The van der Waals surface area contributed by atoms with Crippen LogP contribution in [-0.2, 0) is 11.3 Å². The fraction of sp³-hybridized carbons (Fsp3) is 0.391. The fourth-order valence-corrected chi connectivity index (χ4v) is 2.84. The third kappa shape index (κ3) is 10.0. The van der Waals surface area contributed by atoms with E-state index >= 15 is 0 Å². The average Bonchev–Trinajstić information content (AvgIpc) is 2.69. The second-order valence-electron chi connectivity index (χ2n) is 7.21. The van der Waals surface area contributed by atoms with Gasteiger partial charge in [-0.2, -0.15) is 0 Å². The molecule has 0 saturated carbocycles. The molecule has 0 aliphatic heterocycles. The lowest BCUT2D eigenvalue weighted by Crippen LogP contribution is -2.39. The number of aliphatic imine (C=N–C) groups is 1. The molecular formula is C23H33IN4O3. The summed E-state index contributed by atoms with van der Waals surface area (Å²) in [5.74, 6) is 1.24. The first-order chi connectivity index (χ1) is 14.4. The number of nitrogens with zero attached hydrogens (tertiary/aromatic N) is 1. The topological polar surface area (TPSA) is 95.0 Å². The van der Waals surface area contributed by atoms with Crippen molar-refractivity contribution in [2.45, 2.75) is 46.4 Å². The van der Waals surface area contributed by atoms with Gasteiger partial charge in [0.05, 0.1) is 18.8 Å². The Balaban J connectivity index is 0.00000480. The Labute approximate surface area is 201 Å². The first-order valence-corrected chi connectivity index (χ1v) is 10.2. The molecular weight excluding hydrogens is 507 g/mol. The molecule has 7 nitrogen and oxygen atoms in total. The second-order valence-corrected chi connectivity index (χ2v) is 7.21. The van der Waals surface area contributed by atoms with Crippen LogP contribution in [0.5, 0.6) is 5.75 Å². The molecule has 0 aromatic heterocycles. The smallest absolute Gasteiger partial charge is 0.221 e. The van der Waals surface area contributed by atoms with Gasteiger partial charge in [0.2, 0.25) is 5.91 Å². The quantitative estimate of drug-likeness (QED) is 0.220. The van der Waals surface area contributed by atoms with Crippen LogP contribution in [0.15, 0.2) is 53.5 Å². The molecule has 0 heterocycles. The van der Waals surface area contributed by atoms with Crippen molar-refractivity contribution in [2.75, 3.05) is 18.4 Å². The molecule has 0 spiro atoms. The van der Waals surface area contributed by atoms with Crippen LogP contribution in [0.1, 0.15) is 44.9 Å². The van der Waals surface area contributed by atoms with E-state index in [1.165, 1.54) is 6.92 Å². The highest BCUT2D eigenvalue weighted by molar-refractivity contribution is 14.0. The maximum atomic E-state index is 11.2. The van der Waals surface area contributed by atoms with Gasteiger partial charge < -0.3 is 25.8 Å². The Morgan fingerprint density at radius 1 is 1.13 bits per heavy atom. The summed E-state index contributed by atoms with van der Waals surface area (Å²) in [7, 11) is 0. The maximum absolute atomic E-state index is 11.2. The van der Waals surface area contributed by atoms with E-state index in [9.17, 15) is 9.90 Å². The van der Waals surface area contributed by atoms with E-state index in [-0.39, 0.29) is 36.0 Å². The first kappa shape index (κ1) is 26.7. The predicted octanol–water partition coefficient (Wildman–Crippen LogP) is 3.84. The number of hydrogen-bond donors (Lipinski definition) is 4. The zero-order valence-electron chi connectivity index (χ0n) is 18.5. The van der Waals surface area contributed by atoms with Crippen molar-refractivity contribution >= 4 is 41.5 Å². The van der Waals surface area contributed by atoms with Crippen molar-refractivity contribution in [1.29, 1.82) is 0 Å². The summed E-state index contributed by atoms with van der Waals surface area (Å²) in [6.45, 7) is 8.85. The van der Waals surface area contributed by atoms with Gasteiger partial charge in [-0.1, -0.05) is 24.3 Å².